The number of urea groups is 1. The van der Waals surface area contributed by atoms with Crippen molar-refractivity contribution in [2.75, 3.05) is 20.2 Å². The van der Waals surface area contributed by atoms with Crippen LogP contribution in [0.2, 0.25) is 0 Å². The molecule has 7 amide bonds. The van der Waals surface area contributed by atoms with E-state index in [4.69, 9.17) is 21.3 Å². The number of aliphatic carboxylic acids is 1. The predicted octanol–water partition coefficient (Wildman–Crippen LogP) is -1.14. The number of benzene rings is 1. The molecule has 0 saturated heterocycles. The number of hydrazine groups is 1. The topological polar surface area (TPSA) is 324 Å². The van der Waals surface area contributed by atoms with E-state index in [2.05, 4.69) is 47.2 Å². The maximum absolute atomic E-state index is 13.6. The van der Waals surface area contributed by atoms with Gasteiger partial charge >= 0.3 is 24.1 Å². The summed E-state index contributed by atoms with van der Waals surface area (Å²) in [6.07, 6.45) is -1.02. The Balaban J connectivity index is 2.91. The highest BCUT2D eigenvalue weighted by molar-refractivity contribution is 5.94. The van der Waals surface area contributed by atoms with Crippen LogP contribution < -0.4 is 48.9 Å². The van der Waals surface area contributed by atoms with Gasteiger partial charge < -0.3 is 52.6 Å². The first kappa shape index (κ1) is 46.9. The number of aliphatic imine (C=N–C) groups is 1. The molecular formula is C34H54N10O11. The Morgan fingerprint density at radius 1 is 0.800 bits per heavy atom. The third-order valence-electron chi connectivity index (χ3n) is 7.53. The van der Waals surface area contributed by atoms with Crippen molar-refractivity contribution in [2.45, 2.75) is 90.6 Å². The summed E-state index contributed by atoms with van der Waals surface area (Å²) in [5.41, 5.74) is 15.7. The molecule has 12 N–H and O–H groups in total. The quantitative estimate of drug-likeness (QED) is 0.0219. The number of esters is 1. The second kappa shape index (κ2) is 25.0. The molecule has 0 fully saturated rings. The molecule has 4 atom stereocenters. The SMILES string of the molecule is COC(=O)[C@H](CCC(=O)O)NC(=O)CNC(=O)NNC(=O)[C@@H](NC(=O)[C@H](CC(C)C)NC(=O)[C@H](CCCN=C(N)N)NC(=O)OCc1ccccc1)C(C)C. The van der Waals surface area contributed by atoms with E-state index in [0.717, 1.165) is 12.7 Å². The van der Waals surface area contributed by atoms with Gasteiger partial charge in [0.05, 0.1) is 13.7 Å². The molecule has 1 rings (SSSR count). The highest BCUT2D eigenvalue weighted by Crippen LogP contribution is 2.10. The first-order chi connectivity index (χ1) is 25.9. The summed E-state index contributed by atoms with van der Waals surface area (Å²) in [5, 5.41) is 21.1. The van der Waals surface area contributed by atoms with Crippen molar-refractivity contribution in [3.05, 3.63) is 35.9 Å². The Labute approximate surface area is 318 Å². The third-order valence-corrected chi connectivity index (χ3v) is 7.53. The number of carbonyl (C=O) groups excluding carboxylic acids is 7. The van der Waals surface area contributed by atoms with E-state index < -0.39 is 90.7 Å². The monoisotopic (exact) mass is 778 g/mol. The van der Waals surface area contributed by atoms with E-state index in [1.54, 1.807) is 38.1 Å². The van der Waals surface area contributed by atoms with Gasteiger partial charge in [0.1, 0.15) is 30.8 Å². The molecule has 306 valence electrons. The van der Waals surface area contributed by atoms with Gasteiger partial charge in [0.2, 0.25) is 17.7 Å². The van der Waals surface area contributed by atoms with E-state index in [1.165, 1.54) is 0 Å². The number of methoxy groups -OCH3 is 1. The van der Waals surface area contributed by atoms with Crippen molar-refractivity contribution in [3.8, 4) is 0 Å². The van der Waals surface area contributed by atoms with Gasteiger partial charge in [-0.25, -0.2) is 19.8 Å². The van der Waals surface area contributed by atoms with Crippen LogP contribution in [0.4, 0.5) is 9.59 Å². The molecule has 1 aromatic carbocycles. The molecule has 0 bridgehead atoms. The molecule has 1 aromatic rings. The van der Waals surface area contributed by atoms with Gasteiger partial charge in [-0.1, -0.05) is 58.0 Å². The molecule has 55 heavy (non-hydrogen) atoms. The minimum absolute atomic E-state index is 0.0501. The van der Waals surface area contributed by atoms with E-state index in [-0.39, 0.29) is 50.7 Å². The second-order valence-corrected chi connectivity index (χ2v) is 13.0. The Kier molecular flexibility index (Phi) is 21.3. The molecule has 0 aliphatic carbocycles. The van der Waals surface area contributed by atoms with Crippen molar-refractivity contribution in [1.29, 1.82) is 0 Å². The van der Waals surface area contributed by atoms with Crippen LogP contribution >= 0.6 is 0 Å². The summed E-state index contributed by atoms with van der Waals surface area (Å²) in [6, 6.07) is 3.09. The Morgan fingerprint density at radius 2 is 1.45 bits per heavy atom. The maximum Gasteiger partial charge on any atom is 0.408 e. The smallest absolute Gasteiger partial charge is 0.408 e. The lowest BCUT2D eigenvalue weighted by atomic mass is 9.99. The van der Waals surface area contributed by atoms with Crippen LogP contribution in [0.1, 0.15) is 65.4 Å². The number of nitrogens with one attached hydrogen (secondary N) is 7. The lowest BCUT2D eigenvalue weighted by Crippen LogP contribution is -2.60. The van der Waals surface area contributed by atoms with Gasteiger partial charge in [-0.2, -0.15) is 0 Å². The van der Waals surface area contributed by atoms with E-state index in [0.29, 0.717) is 0 Å². The normalized spacial score (nSPS) is 12.8. The highest BCUT2D eigenvalue weighted by Gasteiger charge is 2.32. The van der Waals surface area contributed by atoms with Crippen molar-refractivity contribution in [3.63, 3.8) is 0 Å². The van der Waals surface area contributed by atoms with Gasteiger partial charge in [0, 0.05) is 13.0 Å². The largest absolute Gasteiger partial charge is 0.481 e. The summed E-state index contributed by atoms with van der Waals surface area (Å²) < 4.78 is 9.83. The molecular weight excluding hydrogens is 724 g/mol. The number of hydrogen-bond acceptors (Lipinski definition) is 11. The molecule has 0 unspecified atom stereocenters. The fourth-order valence-electron chi connectivity index (χ4n) is 4.75. The number of carboxylic acids is 1. The number of amides is 7. The molecule has 21 nitrogen and oxygen atoms in total. The molecule has 0 saturated carbocycles. The zero-order valence-corrected chi connectivity index (χ0v) is 31.6. The zero-order valence-electron chi connectivity index (χ0n) is 31.6. The van der Waals surface area contributed by atoms with Gasteiger partial charge in [-0.05, 0) is 43.1 Å². The van der Waals surface area contributed by atoms with E-state index in [9.17, 15) is 38.4 Å². The standard InChI is InChI=1S/C34H54N10O11/c1-19(2)16-24(40-28(48)22(12-9-15-37-32(35)36)41-34(53)55-18-21-10-7-6-8-11-21)29(49)42-27(20(3)4)30(50)43-44-33(52)38-17-25(45)39-23(31(51)54-5)13-14-26(46)47/h6-8,10-11,19-20,22-24,27H,9,12-18H2,1-5H3,(H,39,45)(H,40,48)(H,41,53)(H,42,49)(H,43,50)(H,46,47)(H4,35,36,37)(H2,38,44,52)/t22-,23-,24-,27-/m0/s1. The Morgan fingerprint density at radius 3 is 2.04 bits per heavy atom. The zero-order chi connectivity index (χ0) is 41.5. The lowest BCUT2D eigenvalue weighted by molar-refractivity contribution is -0.145. The molecule has 0 aliphatic heterocycles. The minimum atomic E-state index is -1.27. The van der Waals surface area contributed by atoms with E-state index in [1.807, 2.05) is 19.9 Å². The number of hydrogen-bond donors (Lipinski definition) is 10. The molecule has 0 radical (unpaired) electrons. The average molecular weight is 779 g/mol. The maximum atomic E-state index is 13.6. The van der Waals surface area contributed by atoms with Crippen LogP contribution in [0, 0.1) is 11.8 Å². The minimum Gasteiger partial charge on any atom is -0.481 e. The van der Waals surface area contributed by atoms with Crippen molar-refractivity contribution < 1.29 is 52.9 Å². The van der Waals surface area contributed by atoms with Crippen LogP contribution in [0.15, 0.2) is 35.3 Å². The van der Waals surface area contributed by atoms with Crippen molar-refractivity contribution >= 4 is 53.7 Å². The lowest BCUT2D eigenvalue weighted by Gasteiger charge is -2.27. The second-order valence-electron chi connectivity index (χ2n) is 13.0. The Bertz CT molecular complexity index is 1490. The summed E-state index contributed by atoms with van der Waals surface area (Å²) in [5.74, 6) is -5.93. The fourth-order valence-corrected chi connectivity index (χ4v) is 4.75. The Hall–Kier alpha value is -6.15. The van der Waals surface area contributed by atoms with Crippen LogP contribution in [0.3, 0.4) is 0 Å². The molecule has 0 heterocycles. The van der Waals surface area contributed by atoms with Crippen LogP contribution in [-0.4, -0.2) is 103 Å². The van der Waals surface area contributed by atoms with Crippen molar-refractivity contribution in [1.82, 2.24) is 37.4 Å². The number of nitrogens with two attached hydrogens (primary N) is 2. The molecule has 0 spiro atoms. The summed E-state index contributed by atoms with van der Waals surface area (Å²) in [6.45, 7) is 6.36. The number of guanidine groups is 1. The van der Waals surface area contributed by atoms with Crippen molar-refractivity contribution in [2.24, 2.45) is 28.3 Å². The van der Waals surface area contributed by atoms with Crippen LogP contribution in [0.25, 0.3) is 0 Å². The van der Waals surface area contributed by atoms with Gasteiger partial charge in [0.25, 0.3) is 5.91 Å². The third kappa shape index (κ3) is 20.0. The van der Waals surface area contributed by atoms with E-state index >= 15 is 0 Å². The summed E-state index contributed by atoms with van der Waals surface area (Å²) in [7, 11) is 1.06. The number of carboxylic acid groups (broad SMARTS) is 1. The highest BCUT2D eigenvalue weighted by atomic mass is 16.5. The average Bonchev–Trinajstić information content (AvgIpc) is 3.13. The summed E-state index contributed by atoms with van der Waals surface area (Å²) >= 11 is 0. The van der Waals surface area contributed by atoms with Gasteiger partial charge in [0.15, 0.2) is 5.96 Å². The number of ether oxygens (including phenoxy) is 2. The number of carbonyl (C=O) groups is 8. The number of alkyl carbamates (subject to hydrolysis) is 1. The van der Waals surface area contributed by atoms with Gasteiger partial charge in [-0.15, -0.1) is 0 Å². The van der Waals surface area contributed by atoms with Crippen LogP contribution in [0.5, 0.6) is 0 Å². The first-order valence-corrected chi connectivity index (χ1v) is 17.5. The number of nitrogens with zero attached hydrogens (tertiary/aromatic N) is 1. The molecule has 21 heteroatoms. The number of rotatable bonds is 22. The predicted molar refractivity (Wildman–Crippen MR) is 197 cm³/mol. The molecule has 0 aromatic heterocycles. The summed E-state index contributed by atoms with van der Waals surface area (Å²) in [4.78, 5) is 104. The van der Waals surface area contributed by atoms with Gasteiger partial charge in [-0.3, -0.25) is 34.4 Å². The fraction of sp³-hybridized carbons (Fsp3) is 0.559. The van der Waals surface area contributed by atoms with Crippen LogP contribution in [-0.2, 0) is 44.8 Å². The first-order valence-electron chi connectivity index (χ1n) is 17.5. The molecule has 0 aliphatic rings.